The van der Waals surface area contributed by atoms with Crippen molar-refractivity contribution in [2.75, 3.05) is 0 Å². The van der Waals surface area contributed by atoms with Crippen molar-refractivity contribution in [3.8, 4) is 0 Å². The molecule has 0 bridgehead atoms. The Morgan fingerprint density at radius 3 is 1.93 bits per heavy atom. The van der Waals surface area contributed by atoms with Crippen molar-refractivity contribution in [2.45, 2.75) is 122 Å². The monoisotopic (exact) mass is 754 g/mol. The van der Waals surface area contributed by atoms with Crippen molar-refractivity contribution < 1.29 is 0 Å². The van der Waals surface area contributed by atoms with Crippen molar-refractivity contribution in [3.05, 3.63) is 198 Å². The second-order valence-electron chi connectivity index (χ2n) is 19.1. The van der Waals surface area contributed by atoms with Gasteiger partial charge < -0.3 is 0 Å². The molecule has 0 radical (unpaired) electrons. The van der Waals surface area contributed by atoms with E-state index in [2.05, 4.69) is 103 Å². The second kappa shape index (κ2) is 14.5. The minimum absolute atomic E-state index is 0.527. The predicted octanol–water partition coefficient (Wildman–Crippen LogP) is 15.6. The van der Waals surface area contributed by atoms with E-state index in [1.165, 1.54) is 132 Å². The zero-order valence-corrected chi connectivity index (χ0v) is 34.5. The number of allylic oxidation sites excluding steroid dienone is 30. The van der Waals surface area contributed by atoms with Gasteiger partial charge in [0.05, 0.1) is 0 Å². The molecule has 12 rings (SSSR count). The summed E-state index contributed by atoms with van der Waals surface area (Å²) >= 11 is 0. The molecule has 290 valence electrons. The molecule has 0 saturated carbocycles. The summed E-state index contributed by atoms with van der Waals surface area (Å²) < 4.78 is 0. The van der Waals surface area contributed by atoms with Crippen molar-refractivity contribution in [2.24, 2.45) is 17.8 Å². The number of fused-ring (bicyclic) bond motifs is 6. The highest BCUT2D eigenvalue weighted by Crippen LogP contribution is 2.52. The lowest BCUT2D eigenvalue weighted by molar-refractivity contribution is 0.383. The molecule has 1 aromatic carbocycles. The van der Waals surface area contributed by atoms with Crippen LogP contribution >= 0.6 is 0 Å². The number of rotatable bonds is 4. The van der Waals surface area contributed by atoms with Gasteiger partial charge in [0.15, 0.2) is 0 Å². The third-order valence-electron chi connectivity index (χ3n) is 16.1. The molecule has 0 aromatic heterocycles. The van der Waals surface area contributed by atoms with Gasteiger partial charge in [0.2, 0.25) is 0 Å². The maximum absolute atomic E-state index is 2.68. The molecule has 0 heteroatoms. The Kier molecular flexibility index (Phi) is 8.85. The van der Waals surface area contributed by atoms with Gasteiger partial charge in [-0.05, 0) is 246 Å². The third-order valence-corrected chi connectivity index (χ3v) is 16.1. The van der Waals surface area contributed by atoms with Gasteiger partial charge in [-0.3, -0.25) is 0 Å². The Hall–Kier alpha value is -4.68. The van der Waals surface area contributed by atoms with Gasteiger partial charge in [-0.15, -0.1) is 0 Å². The molecule has 0 nitrogen and oxygen atoms in total. The van der Waals surface area contributed by atoms with Gasteiger partial charge in [0.25, 0.3) is 0 Å². The molecule has 0 N–H and O–H groups in total. The highest BCUT2D eigenvalue weighted by atomic mass is 14.4. The van der Waals surface area contributed by atoms with Crippen LogP contribution < -0.4 is 0 Å². The normalized spacial score (nSPS) is 28.8. The van der Waals surface area contributed by atoms with E-state index in [0.717, 1.165) is 6.42 Å². The highest BCUT2D eigenvalue weighted by Gasteiger charge is 2.35. The van der Waals surface area contributed by atoms with Crippen LogP contribution in [0.15, 0.2) is 187 Å². The summed E-state index contributed by atoms with van der Waals surface area (Å²) in [6, 6.07) is 9.61. The average molecular weight is 755 g/mol. The molecule has 0 saturated heterocycles. The maximum atomic E-state index is 2.68. The Labute approximate surface area is 347 Å². The summed E-state index contributed by atoms with van der Waals surface area (Å²) in [5.74, 6) is 1.92. The molecular formula is C58H58. The molecule has 0 spiro atoms. The minimum Gasteiger partial charge on any atom is -0.0842 e. The van der Waals surface area contributed by atoms with Crippen molar-refractivity contribution in [3.63, 3.8) is 0 Å². The van der Waals surface area contributed by atoms with Crippen molar-refractivity contribution in [1.29, 1.82) is 0 Å². The van der Waals surface area contributed by atoms with Gasteiger partial charge in [0.1, 0.15) is 0 Å². The Bertz CT molecular complexity index is 2510. The SMILES string of the molecule is C1=CC2=C(CC1)C1=C(C=CCC1)C(C1=CCCC(C3=CC4=C(CC3)C3=C(CC4)C4=C(C=C(c5cccc(C6=C7C=CCCC7C7CCC=CC7=C6)c5)CC4)CC3)=C1)C2. The fraction of sp³-hybridized carbons (Fsp3) is 0.379. The van der Waals surface area contributed by atoms with Crippen LogP contribution in [0.1, 0.15) is 133 Å². The topological polar surface area (TPSA) is 0 Å². The lowest BCUT2D eigenvalue weighted by Crippen LogP contribution is -2.25. The Morgan fingerprint density at radius 1 is 0.414 bits per heavy atom. The molecule has 1 aromatic rings. The summed E-state index contributed by atoms with van der Waals surface area (Å²) in [7, 11) is 0. The zero-order chi connectivity index (χ0) is 38.2. The van der Waals surface area contributed by atoms with Gasteiger partial charge in [-0.25, -0.2) is 0 Å². The average Bonchev–Trinajstić information content (AvgIpc) is 3.30. The van der Waals surface area contributed by atoms with E-state index in [9.17, 15) is 0 Å². The van der Waals surface area contributed by atoms with Crippen molar-refractivity contribution in [1.82, 2.24) is 0 Å². The first-order valence-corrected chi connectivity index (χ1v) is 23.4. The van der Waals surface area contributed by atoms with E-state index in [1.54, 1.807) is 89.2 Å². The van der Waals surface area contributed by atoms with E-state index in [0.29, 0.717) is 17.8 Å². The first kappa shape index (κ1) is 35.3. The van der Waals surface area contributed by atoms with Crippen LogP contribution in [-0.4, -0.2) is 0 Å². The van der Waals surface area contributed by atoms with Gasteiger partial charge in [-0.1, -0.05) is 97.2 Å². The van der Waals surface area contributed by atoms with Crippen LogP contribution in [0.5, 0.6) is 0 Å². The number of benzene rings is 1. The lowest BCUT2D eigenvalue weighted by atomic mass is 9.67. The predicted molar refractivity (Wildman–Crippen MR) is 244 cm³/mol. The first-order valence-electron chi connectivity index (χ1n) is 23.4. The number of hydrogen-bond donors (Lipinski definition) is 0. The molecule has 3 atom stereocenters. The molecule has 0 fully saturated rings. The molecule has 0 aliphatic heterocycles. The van der Waals surface area contributed by atoms with Gasteiger partial charge in [-0.2, -0.15) is 0 Å². The molecule has 3 unspecified atom stereocenters. The van der Waals surface area contributed by atoms with Crippen LogP contribution in [0.3, 0.4) is 0 Å². The lowest BCUT2D eigenvalue weighted by Gasteiger charge is -2.38. The molecule has 0 amide bonds. The van der Waals surface area contributed by atoms with Crippen molar-refractivity contribution >= 4 is 11.1 Å². The maximum Gasteiger partial charge on any atom is 0.0129 e. The summed E-state index contributed by atoms with van der Waals surface area (Å²) in [5.41, 5.74) is 30.8. The van der Waals surface area contributed by atoms with Crippen LogP contribution in [0, 0.1) is 17.8 Å². The van der Waals surface area contributed by atoms with E-state index in [-0.39, 0.29) is 0 Å². The fourth-order valence-corrected chi connectivity index (χ4v) is 13.4. The Balaban J connectivity index is 0.812. The summed E-state index contributed by atoms with van der Waals surface area (Å²) in [6.45, 7) is 0. The third kappa shape index (κ3) is 5.99. The molecular weight excluding hydrogens is 697 g/mol. The highest BCUT2D eigenvalue weighted by molar-refractivity contribution is 5.84. The zero-order valence-electron chi connectivity index (χ0n) is 34.5. The summed E-state index contributed by atoms with van der Waals surface area (Å²) in [5, 5.41) is 0. The van der Waals surface area contributed by atoms with E-state index in [4.69, 9.17) is 0 Å². The molecule has 58 heavy (non-hydrogen) atoms. The summed E-state index contributed by atoms with van der Waals surface area (Å²) in [4.78, 5) is 0. The minimum atomic E-state index is 0.527. The van der Waals surface area contributed by atoms with Gasteiger partial charge in [0, 0.05) is 5.92 Å². The van der Waals surface area contributed by atoms with E-state index in [1.807, 2.05) is 0 Å². The smallest absolute Gasteiger partial charge is 0.0129 e. The summed E-state index contributed by atoms with van der Waals surface area (Å²) in [6.07, 6.45) is 55.9. The van der Waals surface area contributed by atoms with Gasteiger partial charge >= 0.3 is 0 Å². The molecule has 11 aliphatic rings. The quantitative estimate of drug-likeness (QED) is 0.287. The fourth-order valence-electron chi connectivity index (χ4n) is 13.4. The van der Waals surface area contributed by atoms with Crippen LogP contribution in [0.4, 0.5) is 0 Å². The van der Waals surface area contributed by atoms with E-state index < -0.39 is 0 Å². The van der Waals surface area contributed by atoms with Crippen LogP contribution in [0.25, 0.3) is 11.1 Å². The van der Waals surface area contributed by atoms with Crippen LogP contribution in [0.2, 0.25) is 0 Å². The largest absolute Gasteiger partial charge is 0.0842 e. The molecule has 0 heterocycles. The molecule has 11 aliphatic carbocycles. The standard InChI is InChI=1S/C58H58/c1-3-17-47-43(11-1)35-57(53-21-7-5-19-51(47)53)41-15-9-13-37(31-41)39-23-27-49-45(33-39)25-29-56-50-28-24-40(34-46(50)26-30-55(49)56)38-14-10-16-42(32-38)58-36-44-12-2-4-18-48(44)52-20-6-8-22-54(52)58/h1-2,7-9,11-13,15-16,21-22,31-35,47,51,58H,3-6,10,14,17-20,23-30,36H2. The van der Waals surface area contributed by atoms with Crippen LogP contribution in [-0.2, 0) is 0 Å². The Morgan fingerprint density at radius 2 is 1.07 bits per heavy atom. The van der Waals surface area contributed by atoms with E-state index >= 15 is 0 Å². The first-order chi connectivity index (χ1) is 28.7. The second-order valence-corrected chi connectivity index (χ2v) is 19.1. The number of hydrogen-bond acceptors (Lipinski definition) is 0.